The number of aliphatic hydroxyl groups is 1. The molecule has 0 fully saturated rings. The van der Waals surface area contributed by atoms with Crippen LogP contribution < -0.4 is 0 Å². The predicted octanol–water partition coefficient (Wildman–Crippen LogP) is 3.11. The van der Waals surface area contributed by atoms with E-state index in [1.165, 1.54) is 24.3 Å². The van der Waals surface area contributed by atoms with Crippen LogP contribution in [-0.2, 0) is 11.3 Å². The molecule has 5 heteroatoms. The highest BCUT2D eigenvalue weighted by atomic mass is 16.6. The van der Waals surface area contributed by atoms with Crippen LogP contribution in [0.25, 0.3) is 0 Å². The lowest BCUT2D eigenvalue weighted by Gasteiger charge is -2.12. The quantitative estimate of drug-likeness (QED) is 0.516. The van der Waals surface area contributed by atoms with Crippen molar-refractivity contribution in [2.24, 2.45) is 0 Å². The Morgan fingerprint density at radius 2 is 1.75 bits per heavy atom. The van der Waals surface area contributed by atoms with Gasteiger partial charge in [0.15, 0.2) is 6.29 Å². The second-order valence-corrected chi connectivity index (χ2v) is 4.50. The van der Waals surface area contributed by atoms with Gasteiger partial charge in [0.25, 0.3) is 5.69 Å². The number of nitrogens with zero attached hydrogens (tertiary/aromatic N) is 1. The minimum atomic E-state index is -1.10. The second kappa shape index (κ2) is 6.27. The molecule has 0 saturated heterocycles. The van der Waals surface area contributed by atoms with Crippen LogP contribution in [-0.4, -0.2) is 10.0 Å². The maximum absolute atomic E-state index is 10.5. The molecule has 2 aromatic carbocycles. The maximum atomic E-state index is 10.5. The van der Waals surface area contributed by atoms with E-state index in [1.807, 2.05) is 31.2 Å². The standard InChI is InChI=1S/C15H15NO4/c1-11-2-4-12(5-3-11)10-20-15(17)13-6-8-14(9-7-13)16(18)19/h2-9,15,17H,10H2,1H3. The molecule has 2 aromatic rings. The first-order chi connectivity index (χ1) is 9.56. The van der Waals surface area contributed by atoms with Crippen molar-refractivity contribution in [1.82, 2.24) is 0 Å². The summed E-state index contributed by atoms with van der Waals surface area (Å²) in [7, 11) is 0. The molecular weight excluding hydrogens is 258 g/mol. The van der Waals surface area contributed by atoms with Gasteiger partial charge in [-0.2, -0.15) is 0 Å². The molecule has 0 radical (unpaired) electrons. The fraction of sp³-hybridized carbons (Fsp3) is 0.200. The molecule has 1 N–H and O–H groups in total. The van der Waals surface area contributed by atoms with Gasteiger partial charge in [-0.05, 0) is 24.6 Å². The van der Waals surface area contributed by atoms with Crippen LogP contribution in [0.15, 0.2) is 48.5 Å². The largest absolute Gasteiger partial charge is 0.364 e. The Morgan fingerprint density at radius 3 is 2.30 bits per heavy atom. The van der Waals surface area contributed by atoms with E-state index in [0.717, 1.165) is 11.1 Å². The Balaban J connectivity index is 1.95. The van der Waals surface area contributed by atoms with Crippen LogP contribution in [0.4, 0.5) is 5.69 Å². The van der Waals surface area contributed by atoms with E-state index in [4.69, 9.17) is 4.74 Å². The number of aliphatic hydroxyl groups excluding tert-OH is 1. The average Bonchev–Trinajstić information content (AvgIpc) is 2.46. The van der Waals surface area contributed by atoms with E-state index in [-0.39, 0.29) is 12.3 Å². The van der Waals surface area contributed by atoms with Gasteiger partial charge in [0.05, 0.1) is 11.5 Å². The molecule has 0 amide bonds. The highest BCUT2D eigenvalue weighted by Crippen LogP contribution is 2.19. The maximum Gasteiger partial charge on any atom is 0.269 e. The van der Waals surface area contributed by atoms with Crippen LogP contribution in [0.5, 0.6) is 0 Å². The van der Waals surface area contributed by atoms with Gasteiger partial charge < -0.3 is 9.84 Å². The van der Waals surface area contributed by atoms with Gasteiger partial charge in [0.2, 0.25) is 0 Å². The molecule has 0 aromatic heterocycles. The zero-order chi connectivity index (χ0) is 14.5. The zero-order valence-electron chi connectivity index (χ0n) is 11.0. The van der Waals surface area contributed by atoms with E-state index in [0.29, 0.717) is 5.56 Å². The van der Waals surface area contributed by atoms with Crippen molar-refractivity contribution in [3.8, 4) is 0 Å². The van der Waals surface area contributed by atoms with Crippen molar-refractivity contribution in [2.75, 3.05) is 0 Å². The number of ether oxygens (including phenoxy) is 1. The summed E-state index contributed by atoms with van der Waals surface area (Å²) in [5, 5.41) is 20.4. The molecule has 0 spiro atoms. The number of aryl methyl sites for hydroxylation is 1. The topological polar surface area (TPSA) is 72.6 Å². The van der Waals surface area contributed by atoms with Gasteiger partial charge in [-0.15, -0.1) is 0 Å². The normalized spacial score (nSPS) is 12.1. The summed E-state index contributed by atoms with van der Waals surface area (Å²) in [5.74, 6) is 0. The van der Waals surface area contributed by atoms with E-state index in [2.05, 4.69) is 0 Å². The zero-order valence-corrected chi connectivity index (χ0v) is 11.0. The van der Waals surface area contributed by atoms with E-state index >= 15 is 0 Å². The van der Waals surface area contributed by atoms with Gasteiger partial charge in [-0.3, -0.25) is 10.1 Å². The fourth-order valence-corrected chi connectivity index (χ4v) is 1.72. The summed E-state index contributed by atoms with van der Waals surface area (Å²) < 4.78 is 5.34. The number of hydrogen-bond acceptors (Lipinski definition) is 4. The van der Waals surface area contributed by atoms with Gasteiger partial charge in [0, 0.05) is 17.7 Å². The summed E-state index contributed by atoms with van der Waals surface area (Å²) in [4.78, 5) is 10.0. The van der Waals surface area contributed by atoms with Crippen LogP contribution in [0.2, 0.25) is 0 Å². The number of rotatable bonds is 5. The van der Waals surface area contributed by atoms with Gasteiger partial charge >= 0.3 is 0 Å². The Bertz CT molecular complexity index is 578. The summed E-state index contributed by atoms with van der Waals surface area (Å²) in [5.41, 5.74) is 2.59. The monoisotopic (exact) mass is 273 g/mol. The number of non-ortho nitro benzene ring substituents is 1. The average molecular weight is 273 g/mol. The van der Waals surface area contributed by atoms with E-state index in [9.17, 15) is 15.2 Å². The molecule has 2 rings (SSSR count). The number of hydrogen-bond donors (Lipinski definition) is 1. The van der Waals surface area contributed by atoms with Crippen LogP contribution in [0.3, 0.4) is 0 Å². The fourth-order valence-electron chi connectivity index (χ4n) is 1.72. The highest BCUT2D eigenvalue weighted by molar-refractivity contribution is 5.33. The van der Waals surface area contributed by atoms with Gasteiger partial charge in [-0.25, -0.2) is 0 Å². The van der Waals surface area contributed by atoms with Crippen molar-refractivity contribution < 1.29 is 14.8 Å². The molecule has 20 heavy (non-hydrogen) atoms. The molecular formula is C15H15NO4. The Kier molecular flexibility index (Phi) is 4.45. The first-order valence-electron chi connectivity index (χ1n) is 6.16. The molecule has 1 atom stereocenters. The van der Waals surface area contributed by atoms with Crippen molar-refractivity contribution in [3.63, 3.8) is 0 Å². The SMILES string of the molecule is Cc1ccc(COC(O)c2ccc([N+](=O)[O-])cc2)cc1. The first kappa shape index (κ1) is 14.2. The molecule has 104 valence electrons. The lowest BCUT2D eigenvalue weighted by Crippen LogP contribution is -2.03. The Labute approximate surface area is 116 Å². The summed E-state index contributed by atoms with van der Waals surface area (Å²) in [6.07, 6.45) is -1.10. The number of nitro groups is 1. The van der Waals surface area contributed by atoms with Gasteiger partial charge in [-0.1, -0.05) is 29.8 Å². The summed E-state index contributed by atoms with van der Waals surface area (Å²) in [6, 6.07) is 13.4. The Morgan fingerprint density at radius 1 is 1.15 bits per heavy atom. The number of nitro benzene ring substituents is 1. The minimum Gasteiger partial charge on any atom is -0.364 e. The molecule has 0 aliphatic carbocycles. The smallest absolute Gasteiger partial charge is 0.269 e. The summed E-state index contributed by atoms with van der Waals surface area (Å²) >= 11 is 0. The molecule has 0 bridgehead atoms. The lowest BCUT2D eigenvalue weighted by molar-refractivity contribution is -0.384. The van der Waals surface area contributed by atoms with Crippen molar-refractivity contribution in [3.05, 3.63) is 75.3 Å². The van der Waals surface area contributed by atoms with E-state index < -0.39 is 11.2 Å². The van der Waals surface area contributed by atoms with Crippen molar-refractivity contribution in [1.29, 1.82) is 0 Å². The van der Waals surface area contributed by atoms with Crippen LogP contribution in [0, 0.1) is 17.0 Å². The van der Waals surface area contributed by atoms with Crippen LogP contribution >= 0.6 is 0 Å². The molecule has 0 aliphatic heterocycles. The number of benzene rings is 2. The minimum absolute atomic E-state index is 0.0144. The molecule has 0 saturated carbocycles. The third-order valence-corrected chi connectivity index (χ3v) is 2.92. The molecule has 1 unspecified atom stereocenters. The summed E-state index contributed by atoms with van der Waals surface area (Å²) in [6.45, 7) is 2.27. The third-order valence-electron chi connectivity index (χ3n) is 2.92. The predicted molar refractivity (Wildman–Crippen MR) is 74.0 cm³/mol. The van der Waals surface area contributed by atoms with Crippen molar-refractivity contribution >= 4 is 5.69 Å². The van der Waals surface area contributed by atoms with Crippen molar-refractivity contribution in [2.45, 2.75) is 19.8 Å². The van der Waals surface area contributed by atoms with Crippen LogP contribution in [0.1, 0.15) is 23.0 Å². The Hall–Kier alpha value is -2.24. The molecule has 0 aliphatic rings. The van der Waals surface area contributed by atoms with E-state index in [1.54, 1.807) is 0 Å². The second-order valence-electron chi connectivity index (χ2n) is 4.50. The molecule has 0 heterocycles. The third kappa shape index (κ3) is 3.63. The van der Waals surface area contributed by atoms with Gasteiger partial charge in [0.1, 0.15) is 0 Å². The molecule has 5 nitrogen and oxygen atoms in total. The lowest BCUT2D eigenvalue weighted by atomic mass is 10.1. The first-order valence-corrected chi connectivity index (χ1v) is 6.16. The highest BCUT2D eigenvalue weighted by Gasteiger charge is 2.10.